The maximum atomic E-state index is 13.1. The van der Waals surface area contributed by atoms with Crippen LogP contribution in [0.25, 0.3) is 5.57 Å². The largest absolute Gasteiger partial charge is 0.462 e. The summed E-state index contributed by atoms with van der Waals surface area (Å²) in [5.74, 6) is -0.608. The van der Waals surface area contributed by atoms with Crippen molar-refractivity contribution in [3.8, 4) is 11.9 Å². The second-order valence-corrected chi connectivity index (χ2v) is 9.79. The Labute approximate surface area is 221 Å². The van der Waals surface area contributed by atoms with Gasteiger partial charge in [0.25, 0.3) is 5.91 Å². The molecule has 0 aliphatic carbocycles. The maximum absolute atomic E-state index is 13.1. The molecule has 0 unspecified atom stereocenters. The highest BCUT2D eigenvalue weighted by atomic mass is 127. The van der Waals surface area contributed by atoms with Gasteiger partial charge in [-0.1, -0.05) is 24.3 Å². The number of nitriles is 1. The molecule has 1 heterocycles. The van der Waals surface area contributed by atoms with Crippen molar-refractivity contribution >= 4 is 34.1 Å². The van der Waals surface area contributed by atoms with Gasteiger partial charge in [-0.05, 0) is 96.8 Å². The summed E-state index contributed by atoms with van der Waals surface area (Å²) in [6, 6.07) is 19.1. The number of nitrogens with one attached hydrogen (secondary N) is 1. The Morgan fingerprint density at radius 3 is 2.39 bits per heavy atom. The van der Waals surface area contributed by atoms with Gasteiger partial charge in [0.05, 0.1) is 17.2 Å². The van der Waals surface area contributed by atoms with Crippen molar-refractivity contribution in [2.75, 3.05) is 0 Å². The predicted molar refractivity (Wildman–Crippen MR) is 139 cm³/mol. The number of pyridine rings is 1. The lowest BCUT2D eigenvalue weighted by Gasteiger charge is -2.26. The first kappa shape index (κ1) is 27.2. The minimum Gasteiger partial charge on any atom is -0.462 e. The molecule has 0 atom stereocenters. The molecule has 1 aromatic heterocycles. The van der Waals surface area contributed by atoms with Crippen molar-refractivity contribution in [2.45, 2.75) is 39.0 Å². The topological polar surface area (TPSA) is 75.0 Å². The molecule has 0 fully saturated rings. The van der Waals surface area contributed by atoms with E-state index in [1.54, 1.807) is 25.1 Å². The van der Waals surface area contributed by atoms with Crippen LogP contribution < -0.4 is 10.1 Å². The van der Waals surface area contributed by atoms with Crippen LogP contribution in [0.2, 0.25) is 0 Å². The molecule has 2 aromatic carbocycles. The van der Waals surface area contributed by atoms with Gasteiger partial charge in [-0.15, -0.1) is 0 Å². The number of amides is 1. The molecule has 3 rings (SSSR count). The fraction of sp³-hybridized carbons (Fsp3) is 0.222. The third kappa shape index (κ3) is 7.07. The number of hydrogen-bond acceptors (Lipinski definition) is 4. The molecule has 0 spiro atoms. The highest BCUT2D eigenvalue weighted by Crippen LogP contribution is 2.30. The van der Waals surface area contributed by atoms with Gasteiger partial charge in [-0.2, -0.15) is 18.4 Å². The second kappa shape index (κ2) is 11.1. The van der Waals surface area contributed by atoms with Crippen molar-refractivity contribution in [3.63, 3.8) is 0 Å². The second-order valence-electron chi connectivity index (χ2n) is 8.55. The van der Waals surface area contributed by atoms with Crippen LogP contribution in [0.1, 0.15) is 43.0 Å². The van der Waals surface area contributed by atoms with Crippen molar-refractivity contribution < 1.29 is 22.7 Å². The van der Waals surface area contributed by atoms with E-state index in [0.717, 1.165) is 32.4 Å². The summed E-state index contributed by atoms with van der Waals surface area (Å²) in [6.07, 6.45) is -3.36. The van der Waals surface area contributed by atoms with E-state index in [2.05, 4.69) is 39.0 Å². The molecular formula is C27H23F3IN3O2. The van der Waals surface area contributed by atoms with Crippen molar-refractivity contribution in [1.82, 2.24) is 10.3 Å². The molecular weight excluding hydrogens is 582 g/mol. The van der Waals surface area contributed by atoms with Crippen LogP contribution in [0.3, 0.4) is 0 Å². The fourth-order valence-corrected chi connectivity index (χ4v) is 3.71. The molecule has 0 aliphatic rings. The summed E-state index contributed by atoms with van der Waals surface area (Å²) in [5, 5.41) is 12.2. The minimum atomic E-state index is -4.52. The Balaban J connectivity index is 1.87. The third-order valence-electron chi connectivity index (χ3n) is 5.36. The van der Waals surface area contributed by atoms with Gasteiger partial charge in [-0.25, -0.2) is 4.98 Å². The average molecular weight is 605 g/mol. The number of ether oxygens (including phenoxy) is 1. The lowest BCUT2D eigenvalue weighted by atomic mass is 9.95. The standard InChI is InChI=1S/C27H23F3IN3O2/c1-17(34-25(35)26(2,3)36-24-12-9-21(16-33-24)27(28,29)30)23(14-18-7-10-22(31)11-8-18)20-6-4-5-19(13-20)15-32/h4-13,16H,14H2,1-3H3,(H,34,35)/b23-17-. The maximum Gasteiger partial charge on any atom is 0.417 e. The van der Waals surface area contributed by atoms with Crippen LogP contribution >= 0.6 is 22.6 Å². The van der Waals surface area contributed by atoms with Crippen molar-refractivity contribution in [2.24, 2.45) is 0 Å². The van der Waals surface area contributed by atoms with Crippen molar-refractivity contribution in [1.29, 1.82) is 5.26 Å². The summed E-state index contributed by atoms with van der Waals surface area (Å²) in [4.78, 5) is 16.8. The molecule has 1 N–H and O–H groups in total. The monoisotopic (exact) mass is 605 g/mol. The molecule has 186 valence electrons. The SMILES string of the molecule is C/C(NC(=O)C(C)(C)Oc1ccc(C(F)(F)F)cn1)=C(\Cc1ccc(I)cc1)c1cccc(C#N)c1. The average Bonchev–Trinajstić information content (AvgIpc) is 2.83. The van der Waals surface area contributed by atoms with E-state index >= 15 is 0 Å². The van der Waals surface area contributed by atoms with Gasteiger partial charge < -0.3 is 10.1 Å². The molecule has 3 aromatic rings. The zero-order valence-electron chi connectivity index (χ0n) is 19.8. The summed E-state index contributed by atoms with van der Waals surface area (Å²) in [7, 11) is 0. The first-order valence-corrected chi connectivity index (χ1v) is 12.0. The van der Waals surface area contributed by atoms with Crippen LogP contribution in [0.5, 0.6) is 5.88 Å². The van der Waals surface area contributed by atoms with E-state index < -0.39 is 23.2 Å². The summed E-state index contributed by atoms with van der Waals surface area (Å²) in [5.41, 5.74) is 1.32. The summed E-state index contributed by atoms with van der Waals surface area (Å²) < 4.78 is 45.1. The van der Waals surface area contributed by atoms with Crippen LogP contribution in [0.15, 0.2) is 72.6 Å². The number of aromatic nitrogens is 1. The van der Waals surface area contributed by atoms with E-state index in [4.69, 9.17) is 4.74 Å². The number of rotatable bonds is 7. The van der Waals surface area contributed by atoms with E-state index in [9.17, 15) is 23.2 Å². The number of allylic oxidation sites excluding steroid dienone is 2. The highest BCUT2D eigenvalue weighted by molar-refractivity contribution is 14.1. The number of alkyl halides is 3. The van der Waals surface area contributed by atoms with Gasteiger partial charge in [-0.3, -0.25) is 4.79 Å². The number of halogens is 4. The highest BCUT2D eigenvalue weighted by Gasteiger charge is 2.33. The Kier molecular flexibility index (Phi) is 8.40. The van der Waals surface area contributed by atoms with E-state index in [1.807, 2.05) is 30.3 Å². The van der Waals surface area contributed by atoms with Gasteiger partial charge in [0, 0.05) is 21.5 Å². The fourth-order valence-electron chi connectivity index (χ4n) is 3.35. The van der Waals surface area contributed by atoms with Gasteiger partial charge in [0.15, 0.2) is 5.60 Å². The zero-order valence-corrected chi connectivity index (χ0v) is 21.9. The Bertz CT molecular complexity index is 1310. The van der Waals surface area contributed by atoms with Crippen LogP contribution in [0, 0.1) is 14.9 Å². The lowest BCUT2D eigenvalue weighted by Crippen LogP contribution is -2.46. The normalized spacial score (nSPS) is 12.4. The molecule has 0 bridgehead atoms. The number of carbonyl (C=O) groups is 1. The van der Waals surface area contributed by atoms with Crippen LogP contribution in [-0.4, -0.2) is 16.5 Å². The molecule has 5 nitrogen and oxygen atoms in total. The summed E-state index contributed by atoms with van der Waals surface area (Å²) in [6.45, 7) is 4.76. The number of nitrogens with zero attached hydrogens (tertiary/aromatic N) is 2. The molecule has 0 saturated heterocycles. The quantitative estimate of drug-likeness (QED) is 0.311. The molecule has 9 heteroatoms. The molecule has 36 heavy (non-hydrogen) atoms. The van der Waals surface area contributed by atoms with E-state index in [1.165, 1.54) is 13.8 Å². The van der Waals surface area contributed by atoms with Gasteiger partial charge in [0.2, 0.25) is 5.88 Å². The zero-order chi connectivity index (χ0) is 26.5. The third-order valence-corrected chi connectivity index (χ3v) is 6.08. The van der Waals surface area contributed by atoms with Crippen LogP contribution in [0.4, 0.5) is 13.2 Å². The minimum absolute atomic E-state index is 0.106. The summed E-state index contributed by atoms with van der Waals surface area (Å²) >= 11 is 2.22. The number of carbonyl (C=O) groups excluding carboxylic acids is 1. The smallest absolute Gasteiger partial charge is 0.417 e. The molecule has 0 saturated carbocycles. The molecule has 0 radical (unpaired) electrons. The van der Waals surface area contributed by atoms with Crippen LogP contribution in [-0.2, 0) is 17.4 Å². The molecule has 0 aliphatic heterocycles. The van der Waals surface area contributed by atoms with E-state index in [-0.39, 0.29) is 5.88 Å². The lowest BCUT2D eigenvalue weighted by molar-refractivity contribution is -0.138. The Morgan fingerprint density at radius 1 is 1.11 bits per heavy atom. The Morgan fingerprint density at radius 2 is 1.81 bits per heavy atom. The predicted octanol–water partition coefficient (Wildman–Crippen LogP) is 6.52. The first-order chi connectivity index (χ1) is 16.9. The van der Waals surface area contributed by atoms with E-state index in [0.29, 0.717) is 23.9 Å². The number of hydrogen-bond donors (Lipinski definition) is 1. The Hall–Kier alpha value is -3.39. The van der Waals surface area contributed by atoms with Crippen molar-refractivity contribution in [3.05, 3.63) is 98.4 Å². The molecule has 1 amide bonds. The van der Waals surface area contributed by atoms with Gasteiger partial charge >= 0.3 is 6.18 Å². The van der Waals surface area contributed by atoms with Gasteiger partial charge in [0.1, 0.15) is 0 Å². The number of benzene rings is 2. The first-order valence-electron chi connectivity index (χ1n) is 10.9.